The number of benzene rings is 8. The van der Waals surface area contributed by atoms with Crippen molar-refractivity contribution < 1.29 is 28.0 Å². The molecule has 0 atom stereocenters. The molecule has 12 N–H and O–H groups in total. The van der Waals surface area contributed by atoms with Crippen LogP contribution in [0.15, 0.2) is 289 Å². The fourth-order valence-corrected chi connectivity index (χ4v) is 12.2. The number of anilines is 2. The summed E-state index contributed by atoms with van der Waals surface area (Å²) in [7, 11) is 0. The van der Waals surface area contributed by atoms with Crippen LogP contribution in [0.2, 0.25) is 0 Å². The van der Waals surface area contributed by atoms with Gasteiger partial charge >= 0.3 is 0 Å². The van der Waals surface area contributed by atoms with E-state index in [9.17, 15) is 48.1 Å². The number of H-pyrrole nitrogens is 2. The highest BCUT2D eigenvalue weighted by atomic mass is 19.1. The highest BCUT2D eigenvalue weighted by Crippen LogP contribution is 2.40. The Hall–Kier alpha value is -15.9. The van der Waals surface area contributed by atoms with Crippen molar-refractivity contribution in [2.24, 2.45) is 22.9 Å². The number of hydrogen-bond donors (Lipinski definition) is 8. The number of hydrogen-bond acceptors (Lipinski definition) is 14. The lowest BCUT2D eigenvalue weighted by molar-refractivity contribution is 0.0992. The van der Waals surface area contributed by atoms with Crippen LogP contribution in [-0.4, -0.2) is 53.5 Å². The molecule has 2 aliphatic rings. The standard InChI is InChI=1S/C23H16N4O.C22H16FN3O.C22H14N4O2.C21H14FN3O2/c1-14-5-6-19-12-20(16-7-9-17(10-8-16)22(25)28)21(27-23(19)26-14)18-4-2-3-15(11-18)13-24;1-13-5-6-17-12-19(14-7-9-15(10-8-14)21(24)27)20(26-22(17)25-13)16-3-2-4-18(23)11-16;23-12-13-2-1-3-16(10-13)20-17(14-4-6-15(7-5-14)21(24)28)11-18-19(27)8-9-25-22(18)26-20;22-15-3-1-2-14(10-15)19-16(12-4-6-13(7-5-12)20(23)27)11-17-18(26)8-9-24-21(17)25-19/h2-12H,1H2,(H2,25,28)(H,26,27);2-12H,1H2,(H2,24,27)(H,25,26);1-11H,(H2,24,28)(H,25,26,27);1-11H,(H2,23,27)(H,24,25,26). The van der Waals surface area contributed by atoms with E-state index in [-0.39, 0.29) is 22.5 Å². The fraction of sp³-hybridized carbons (Fsp3) is 0. The van der Waals surface area contributed by atoms with E-state index in [1.165, 1.54) is 42.6 Å². The maximum absolute atomic E-state index is 13.8. The number of primary amides is 4. The van der Waals surface area contributed by atoms with Crippen LogP contribution in [-0.2, 0) is 0 Å². The number of allylic oxidation sites excluding steroid dienone is 2. The van der Waals surface area contributed by atoms with Gasteiger partial charge in [-0.3, -0.25) is 28.8 Å². The number of amides is 4. The van der Waals surface area contributed by atoms with Gasteiger partial charge in [-0.2, -0.15) is 10.5 Å². The van der Waals surface area contributed by atoms with E-state index >= 15 is 0 Å². The molecule has 110 heavy (non-hydrogen) atoms. The van der Waals surface area contributed by atoms with E-state index in [0.29, 0.717) is 101 Å². The maximum Gasteiger partial charge on any atom is 0.248 e. The summed E-state index contributed by atoms with van der Waals surface area (Å²) in [6.45, 7) is 7.82. The topological polar surface area (TPSA) is 361 Å². The van der Waals surface area contributed by atoms with Crippen molar-refractivity contribution in [3.05, 3.63) is 356 Å². The number of halogens is 2. The smallest absolute Gasteiger partial charge is 0.248 e. The van der Waals surface area contributed by atoms with Gasteiger partial charge in [0.25, 0.3) is 0 Å². The van der Waals surface area contributed by atoms with E-state index in [4.69, 9.17) is 32.9 Å². The zero-order valence-electron chi connectivity index (χ0n) is 58.0. The molecule has 6 aromatic heterocycles. The SMILES string of the molecule is C=C1C=Cc2cc(-c3ccc(C(N)=O)cc3)c(-c3cccc(C#N)c3)nc2N1.C=C1C=Cc2cc(-c3ccc(C(N)=O)cc3)c(-c3cccc(F)c3)nc2N1.N#Cc1cccc(-c2nc3[nH]ccc(=O)c3cc2-c2ccc(C(N)=O)cc2)c1.NC(=O)c1ccc(-c2cc3c(=O)cc[nH]c3nc2-c2cccc(F)c2)cc1. The molecule has 14 aromatic rings. The summed E-state index contributed by atoms with van der Waals surface area (Å²) in [5, 5.41) is 25.7. The third-order valence-corrected chi connectivity index (χ3v) is 17.7. The first-order valence-corrected chi connectivity index (χ1v) is 33.7. The second-order valence-corrected chi connectivity index (χ2v) is 25.0. The minimum absolute atomic E-state index is 0.145. The Bertz CT molecular complexity index is 6380. The van der Waals surface area contributed by atoms with Crippen molar-refractivity contribution in [3.63, 3.8) is 0 Å². The Morgan fingerprint density at radius 3 is 0.964 bits per heavy atom. The summed E-state index contributed by atoms with van der Waals surface area (Å²) in [5.41, 5.74) is 39.6. The van der Waals surface area contributed by atoms with Gasteiger partial charge in [0.1, 0.15) is 34.6 Å². The number of nitrogens with two attached hydrogens (primary N) is 4. The minimum Gasteiger partial charge on any atom is -0.366 e. The second kappa shape index (κ2) is 31.6. The molecule has 22 heteroatoms. The molecule has 0 saturated heterocycles. The van der Waals surface area contributed by atoms with Gasteiger partial charge in [-0.1, -0.05) is 110 Å². The molecule has 532 valence electrons. The first-order chi connectivity index (χ1) is 53.1. The van der Waals surface area contributed by atoms with Gasteiger partial charge in [0.15, 0.2) is 10.9 Å². The van der Waals surface area contributed by atoms with Crippen LogP contribution < -0.4 is 44.4 Å². The largest absolute Gasteiger partial charge is 0.366 e. The first kappa shape index (κ1) is 72.4. The Morgan fingerprint density at radius 2 is 0.655 bits per heavy atom. The molecular weight excluding hydrogens is 1390 g/mol. The van der Waals surface area contributed by atoms with Gasteiger partial charge in [-0.05, 0) is 168 Å². The molecule has 8 aromatic carbocycles. The Balaban J connectivity index is 0.000000129. The lowest BCUT2D eigenvalue weighted by Crippen LogP contribution is -2.10. The molecule has 4 amide bonds. The van der Waals surface area contributed by atoms with Crippen LogP contribution in [0.25, 0.3) is 124 Å². The van der Waals surface area contributed by atoms with Crippen molar-refractivity contribution in [2.45, 2.75) is 0 Å². The number of carbonyl (C=O) groups excluding carboxylic acids is 4. The van der Waals surface area contributed by atoms with Crippen molar-refractivity contribution >= 4 is 69.5 Å². The molecule has 0 spiro atoms. The number of fused-ring (bicyclic) bond motifs is 4. The van der Waals surface area contributed by atoms with E-state index < -0.39 is 23.6 Å². The van der Waals surface area contributed by atoms with Crippen LogP contribution in [0.5, 0.6) is 0 Å². The summed E-state index contributed by atoms with van der Waals surface area (Å²) >= 11 is 0. The van der Waals surface area contributed by atoms with Crippen LogP contribution >= 0.6 is 0 Å². The molecule has 0 fully saturated rings. The Kier molecular flexibility index (Phi) is 20.8. The van der Waals surface area contributed by atoms with E-state index in [0.717, 1.165) is 78.3 Å². The Morgan fingerprint density at radius 1 is 0.355 bits per heavy atom. The zero-order chi connectivity index (χ0) is 77.3. The lowest BCUT2D eigenvalue weighted by atomic mass is 9.95. The third kappa shape index (κ3) is 16.1. The predicted molar refractivity (Wildman–Crippen MR) is 424 cm³/mol. The quantitative estimate of drug-likeness (QED) is 0.0564. The van der Waals surface area contributed by atoms with Crippen LogP contribution in [0.4, 0.5) is 20.4 Å². The number of carbonyl (C=O) groups is 4. The Labute approximate surface area is 626 Å². The van der Waals surface area contributed by atoms with Crippen molar-refractivity contribution in [2.75, 3.05) is 10.6 Å². The average Bonchev–Trinajstić information content (AvgIpc) is 0.800. The van der Waals surface area contributed by atoms with Gasteiger partial charge in [-0.15, -0.1) is 0 Å². The van der Waals surface area contributed by atoms with Crippen molar-refractivity contribution in [1.29, 1.82) is 10.5 Å². The van der Waals surface area contributed by atoms with Crippen LogP contribution in [0, 0.1) is 34.3 Å². The summed E-state index contributed by atoms with van der Waals surface area (Å²) in [5.74, 6) is -1.34. The number of rotatable bonds is 12. The number of aromatic nitrogens is 6. The van der Waals surface area contributed by atoms with Crippen LogP contribution in [0.3, 0.4) is 0 Å². The number of nitrogens with zero attached hydrogens (tertiary/aromatic N) is 6. The molecule has 2 aliphatic heterocycles. The van der Waals surface area contributed by atoms with E-state index in [1.807, 2.05) is 91.0 Å². The number of pyridine rings is 6. The molecular formula is C88H60F2N14O6. The monoisotopic (exact) mass is 1450 g/mol. The predicted octanol–water partition coefficient (Wildman–Crippen LogP) is 15.7. The van der Waals surface area contributed by atoms with Gasteiger partial charge in [-0.25, -0.2) is 28.7 Å². The summed E-state index contributed by atoms with van der Waals surface area (Å²) < 4.78 is 27.6. The van der Waals surface area contributed by atoms with Gasteiger partial charge in [0.2, 0.25) is 23.6 Å². The number of aromatic amines is 2. The lowest BCUT2D eigenvalue weighted by Gasteiger charge is -2.18. The highest BCUT2D eigenvalue weighted by Gasteiger charge is 2.22. The molecule has 0 aliphatic carbocycles. The zero-order valence-corrected chi connectivity index (χ0v) is 58.0. The maximum atomic E-state index is 13.8. The number of nitriles is 2. The average molecular weight is 1450 g/mol. The third-order valence-electron chi connectivity index (χ3n) is 17.7. The molecule has 0 unspecified atom stereocenters. The fourth-order valence-electron chi connectivity index (χ4n) is 12.2. The van der Waals surface area contributed by atoms with Gasteiger partial charge in [0, 0.05) is 114 Å². The van der Waals surface area contributed by atoms with Gasteiger partial charge < -0.3 is 43.5 Å². The molecule has 20 nitrogen and oxygen atoms in total. The van der Waals surface area contributed by atoms with Crippen molar-refractivity contribution in [1.82, 2.24) is 29.9 Å². The van der Waals surface area contributed by atoms with E-state index in [1.54, 1.807) is 134 Å². The molecule has 0 bridgehead atoms. The molecule has 8 heterocycles. The minimum atomic E-state index is -0.528. The summed E-state index contributed by atoms with van der Waals surface area (Å²) in [6.07, 6.45) is 10.7. The summed E-state index contributed by atoms with van der Waals surface area (Å²) in [6, 6.07) is 69.0. The molecule has 16 rings (SSSR count). The first-order valence-electron chi connectivity index (χ1n) is 33.7. The second-order valence-electron chi connectivity index (χ2n) is 25.0. The van der Waals surface area contributed by atoms with Crippen LogP contribution in [0.1, 0.15) is 63.7 Å². The normalized spacial score (nSPS) is 11.5. The van der Waals surface area contributed by atoms with Crippen molar-refractivity contribution in [3.8, 4) is 102 Å². The molecule has 0 saturated carbocycles. The summed E-state index contributed by atoms with van der Waals surface area (Å²) in [4.78, 5) is 94.6. The van der Waals surface area contributed by atoms with E-state index in [2.05, 4.69) is 55.9 Å². The molecule has 0 radical (unpaired) electrons. The number of nitrogens with one attached hydrogen (secondary N) is 4. The highest BCUT2D eigenvalue weighted by molar-refractivity contribution is 5.99. The van der Waals surface area contributed by atoms with Gasteiger partial charge in [0.05, 0.1) is 56.8 Å².